The number of fused-ring (bicyclic) bond motifs is 1. The molecule has 0 saturated heterocycles. The number of carboxylic acids is 1. The monoisotopic (exact) mass is 189 g/mol. The smallest absolute Gasteiger partial charge is 0.324 e. The molecular weight excluding hydrogens is 178 g/mol. The fourth-order valence-corrected chi connectivity index (χ4v) is 1.67. The van der Waals surface area contributed by atoms with Gasteiger partial charge in [-0.25, -0.2) is 0 Å². The van der Waals surface area contributed by atoms with Crippen molar-refractivity contribution in [2.24, 2.45) is 5.73 Å². The van der Waals surface area contributed by atoms with Gasteiger partial charge in [-0.3, -0.25) is 4.79 Å². The van der Waals surface area contributed by atoms with Crippen LogP contribution in [0.25, 0.3) is 6.08 Å². The third-order valence-corrected chi connectivity index (χ3v) is 2.46. The molecule has 3 nitrogen and oxygen atoms in total. The predicted octanol–water partition coefficient (Wildman–Crippen LogP) is 1.04. The van der Waals surface area contributed by atoms with Crippen molar-refractivity contribution < 1.29 is 9.90 Å². The van der Waals surface area contributed by atoms with Gasteiger partial charge in [0.05, 0.1) is 0 Å². The minimum atomic E-state index is -0.968. The normalized spacial score (nSPS) is 15.9. The molecule has 1 aromatic carbocycles. The minimum Gasteiger partial charge on any atom is -0.480 e. The Morgan fingerprint density at radius 2 is 2.14 bits per heavy atom. The van der Waals surface area contributed by atoms with Crippen molar-refractivity contribution in [1.29, 1.82) is 0 Å². The highest BCUT2D eigenvalue weighted by Gasteiger charge is 2.22. The summed E-state index contributed by atoms with van der Waals surface area (Å²) >= 11 is 0. The fraction of sp³-hybridized carbons (Fsp3) is 0.182. The number of carboxylic acid groups (broad SMARTS) is 1. The highest BCUT2D eigenvalue weighted by Crippen LogP contribution is 2.25. The maximum Gasteiger partial charge on any atom is 0.324 e. The van der Waals surface area contributed by atoms with Gasteiger partial charge in [0.2, 0.25) is 0 Å². The largest absolute Gasteiger partial charge is 0.480 e. The van der Waals surface area contributed by atoms with Crippen molar-refractivity contribution >= 4 is 12.0 Å². The predicted molar refractivity (Wildman–Crippen MR) is 53.7 cm³/mol. The lowest BCUT2D eigenvalue weighted by Gasteiger charge is -2.06. The molecule has 0 radical (unpaired) electrons. The molecule has 1 aromatic rings. The first kappa shape index (κ1) is 8.97. The molecule has 0 bridgehead atoms. The third-order valence-electron chi connectivity index (χ3n) is 2.46. The fourth-order valence-electron chi connectivity index (χ4n) is 1.67. The van der Waals surface area contributed by atoms with E-state index < -0.39 is 12.0 Å². The summed E-state index contributed by atoms with van der Waals surface area (Å²) in [5.41, 5.74) is 8.54. The molecule has 0 spiro atoms. The molecule has 3 heteroatoms. The van der Waals surface area contributed by atoms with Gasteiger partial charge in [0.25, 0.3) is 0 Å². The van der Waals surface area contributed by atoms with E-state index in [1.807, 2.05) is 30.3 Å². The molecule has 72 valence electrons. The summed E-state index contributed by atoms with van der Waals surface area (Å²) in [6.07, 6.45) is 2.53. The third kappa shape index (κ3) is 1.42. The molecule has 0 heterocycles. The van der Waals surface area contributed by atoms with Crippen molar-refractivity contribution in [3.8, 4) is 0 Å². The van der Waals surface area contributed by atoms with E-state index in [-0.39, 0.29) is 0 Å². The Balaban J connectivity index is 2.27. The van der Waals surface area contributed by atoms with E-state index in [1.54, 1.807) is 0 Å². The first-order valence-corrected chi connectivity index (χ1v) is 4.45. The molecule has 0 fully saturated rings. The van der Waals surface area contributed by atoms with Gasteiger partial charge in [-0.05, 0) is 23.1 Å². The lowest BCUT2D eigenvalue weighted by atomic mass is 10.1. The van der Waals surface area contributed by atoms with Crippen molar-refractivity contribution in [2.45, 2.75) is 12.5 Å². The molecule has 3 N–H and O–H groups in total. The Kier molecular flexibility index (Phi) is 2.09. The number of rotatable bonds is 2. The Hall–Kier alpha value is -1.61. The summed E-state index contributed by atoms with van der Waals surface area (Å²) in [7, 11) is 0. The van der Waals surface area contributed by atoms with Crippen LogP contribution in [0.2, 0.25) is 0 Å². The summed E-state index contributed by atoms with van der Waals surface area (Å²) in [5, 5.41) is 8.76. The minimum absolute atomic E-state index is 0.656. The van der Waals surface area contributed by atoms with Gasteiger partial charge in [0, 0.05) is 0 Å². The van der Waals surface area contributed by atoms with E-state index in [4.69, 9.17) is 10.8 Å². The van der Waals surface area contributed by atoms with Gasteiger partial charge in [-0.1, -0.05) is 30.3 Å². The van der Waals surface area contributed by atoms with Crippen LogP contribution in [-0.4, -0.2) is 17.1 Å². The zero-order chi connectivity index (χ0) is 10.1. The van der Waals surface area contributed by atoms with Crippen LogP contribution in [0, 0.1) is 0 Å². The van der Waals surface area contributed by atoms with Crippen molar-refractivity contribution in [3.63, 3.8) is 0 Å². The molecule has 1 unspecified atom stereocenters. The second-order valence-corrected chi connectivity index (χ2v) is 3.41. The number of hydrogen-bond donors (Lipinski definition) is 2. The van der Waals surface area contributed by atoms with Crippen LogP contribution >= 0.6 is 0 Å². The van der Waals surface area contributed by atoms with Gasteiger partial charge in [-0.2, -0.15) is 0 Å². The molecule has 0 amide bonds. The topological polar surface area (TPSA) is 63.3 Å². The molecule has 1 atom stereocenters. The van der Waals surface area contributed by atoms with E-state index in [2.05, 4.69) is 0 Å². The lowest BCUT2D eigenvalue weighted by molar-refractivity contribution is -0.137. The number of nitrogens with two attached hydrogens (primary N) is 1. The maximum absolute atomic E-state index is 10.7. The van der Waals surface area contributed by atoms with Crippen LogP contribution in [0.5, 0.6) is 0 Å². The van der Waals surface area contributed by atoms with E-state index in [9.17, 15) is 4.79 Å². The van der Waals surface area contributed by atoms with Crippen LogP contribution in [0.1, 0.15) is 11.1 Å². The summed E-state index contributed by atoms with van der Waals surface area (Å²) in [4.78, 5) is 10.7. The quantitative estimate of drug-likeness (QED) is 0.730. The van der Waals surface area contributed by atoms with Crippen LogP contribution in [0.4, 0.5) is 0 Å². The van der Waals surface area contributed by atoms with Crippen LogP contribution in [-0.2, 0) is 11.2 Å². The number of carbonyl (C=O) groups is 1. The molecule has 0 aliphatic heterocycles. The molecule has 1 aliphatic carbocycles. The Labute approximate surface area is 81.9 Å². The second-order valence-electron chi connectivity index (χ2n) is 3.41. The molecular formula is C11H11NO2. The average molecular weight is 189 g/mol. The van der Waals surface area contributed by atoms with Gasteiger partial charge >= 0.3 is 5.97 Å². The average Bonchev–Trinajstić information content (AvgIpc) is 2.59. The van der Waals surface area contributed by atoms with Crippen molar-refractivity contribution in [1.82, 2.24) is 0 Å². The van der Waals surface area contributed by atoms with Crippen molar-refractivity contribution in [2.75, 3.05) is 0 Å². The van der Waals surface area contributed by atoms with Gasteiger partial charge in [-0.15, -0.1) is 0 Å². The summed E-state index contributed by atoms with van der Waals surface area (Å²) in [6.45, 7) is 0. The molecule has 0 aromatic heterocycles. The van der Waals surface area contributed by atoms with E-state index >= 15 is 0 Å². The van der Waals surface area contributed by atoms with Gasteiger partial charge in [0.15, 0.2) is 0 Å². The number of aliphatic carboxylic acids is 1. The summed E-state index contributed by atoms with van der Waals surface area (Å²) in [5.74, 6) is -0.968. The molecule has 1 aliphatic rings. The highest BCUT2D eigenvalue weighted by atomic mass is 16.4. The zero-order valence-corrected chi connectivity index (χ0v) is 7.60. The molecule has 0 saturated carbocycles. The van der Waals surface area contributed by atoms with Crippen LogP contribution in [0.3, 0.4) is 0 Å². The highest BCUT2D eigenvalue weighted by molar-refractivity contribution is 5.81. The Morgan fingerprint density at radius 3 is 2.79 bits per heavy atom. The SMILES string of the molecule is NC(C(=O)O)C1=Cc2ccccc2C1. The van der Waals surface area contributed by atoms with E-state index in [1.165, 1.54) is 0 Å². The number of hydrogen-bond acceptors (Lipinski definition) is 2. The molecule has 2 rings (SSSR count). The standard InChI is InChI=1S/C11H11NO2/c12-10(11(13)14)9-5-7-3-1-2-4-8(7)6-9/h1-5,10H,6,12H2,(H,13,14). The van der Waals surface area contributed by atoms with E-state index in [0.717, 1.165) is 16.7 Å². The summed E-state index contributed by atoms with van der Waals surface area (Å²) in [6, 6.07) is 6.97. The van der Waals surface area contributed by atoms with E-state index in [0.29, 0.717) is 6.42 Å². The van der Waals surface area contributed by atoms with Crippen LogP contribution < -0.4 is 5.73 Å². The van der Waals surface area contributed by atoms with Crippen LogP contribution in [0.15, 0.2) is 29.8 Å². The molecule has 14 heavy (non-hydrogen) atoms. The Bertz CT molecular complexity index is 410. The van der Waals surface area contributed by atoms with Crippen molar-refractivity contribution in [3.05, 3.63) is 41.0 Å². The first-order valence-electron chi connectivity index (χ1n) is 4.45. The second kappa shape index (κ2) is 3.27. The zero-order valence-electron chi connectivity index (χ0n) is 7.60. The Morgan fingerprint density at radius 1 is 1.43 bits per heavy atom. The maximum atomic E-state index is 10.7. The first-order chi connectivity index (χ1) is 6.68. The number of benzene rings is 1. The van der Waals surface area contributed by atoms with Gasteiger partial charge < -0.3 is 10.8 Å². The lowest BCUT2D eigenvalue weighted by Crippen LogP contribution is -2.32. The van der Waals surface area contributed by atoms with Gasteiger partial charge in [0.1, 0.15) is 6.04 Å². The summed E-state index contributed by atoms with van der Waals surface area (Å²) < 4.78 is 0.